The molecule has 0 aliphatic carbocycles. The predicted octanol–water partition coefficient (Wildman–Crippen LogP) is 2.02. The van der Waals surface area contributed by atoms with Crippen molar-refractivity contribution < 1.29 is 8.42 Å². The molecule has 0 spiro atoms. The van der Waals surface area contributed by atoms with Crippen LogP contribution in [0.1, 0.15) is 13.3 Å². The van der Waals surface area contributed by atoms with Gasteiger partial charge in [-0.25, -0.2) is 8.42 Å². The van der Waals surface area contributed by atoms with E-state index in [9.17, 15) is 8.42 Å². The van der Waals surface area contributed by atoms with E-state index >= 15 is 0 Å². The zero-order valence-corrected chi connectivity index (χ0v) is 14.0. The highest BCUT2D eigenvalue weighted by Gasteiger charge is 2.39. The third-order valence-corrected chi connectivity index (χ3v) is 6.14. The van der Waals surface area contributed by atoms with E-state index in [-0.39, 0.29) is 17.8 Å². The summed E-state index contributed by atoms with van der Waals surface area (Å²) in [5.74, 6) is 0. The molecule has 1 aliphatic rings. The van der Waals surface area contributed by atoms with Gasteiger partial charge in [0.05, 0.1) is 10.4 Å². The second-order valence-corrected chi connectivity index (χ2v) is 7.84. The van der Waals surface area contributed by atoms with Crippen molar-refractivity contribution in [3.8, 4) is 0 Å². The molecule has 1 aromatic heterocycles. The van der Waals surface area contributed by atoms with Gasteiger partial charge in [0, 0.05) is 24.7 Å². The smallest absolute Gasteiger partial charge is 0.243 e. The zero-order chi connectivity index (χ0) is 15.1. The summed E-state index contributed by atoms with van der Waals surface area (Å²) < 4.78 is 27.4. The van der Waals surface area contributed by atoms with Crippen molar-refractivity contribution >= 4 is 33.3 Å². The molecule has 1 aromatic carbocycles. The maximum Gasteiger partial charge on any atom is 0.243 e. The van der Waals surface area contributed by atoms with E-state index in [1.165, 1.54) is 0 Å². The number of hydrogen-bond acceptors (Lipinski definition) is 4. The second kappa shape index (κ2) is 6.12. The van der Waals surface area contributed by atoms with Gasteiger partial charge in [-0.3, -0.25) is 4.98 Å². The number of nitrogens with zero attached hydrogens (tertiary/aromatic N) is 2. The first kappa shape index (κ1) is 17.1. The molecule has 7 heteroatoms. The third-order valence-electron chi connectivity index (χ3n) is 4.24. The fraction of sp³-hybridized carbons (Fsp3) is 0.400. The lowest BCUT2D eigenvalue weighted by Gasteiger charge is -2.22. The lowest BCUT2D eigenvalue weighted by atomic mass is 9.90. The number of halogens is 1. The largest absolute Gasteiger partial charge is 0.330 e. The quantitative estimate of drug-likeness (QED) is 0.926. The average molecular weight is 342 g/mol. The van der Waals surface area contributed by atoms with Crippen LogP contribution < -0.4 is 5.73 Å². The maximum absolute atomic E-state index is 12.9. The molecule has 0 radical (unpaired) electrons. The van der Waals surface area contributed by atoms with Crippen molar-refractivity contribution in [1.29, 1.82) is 0 Å². The Balaban J connectivity index is 0.00000176. The highest BCUT2D eigenvalue weighted by molar-refractivity contribution is 7.89. The summed E-state index contributed by atoms with van der Waals surface area (Å²) in [6.45, 7) is 3.53. The number of sulfonamides is 1. The van der Waals surface area contributed by atoms with E-state index < -0.39 is 10.0 Å². The van der Waals surface area contributed by atoms with E-state index in [4.69, 9.17) is 5.73 Å². The van der Waals surface area contributed by atoms with Crippen LogP contribution in [0.5, 0.6) is 0 Å². The summed E-state index contributed by atoms with van der Waals surface area (Å²) in [7, 11) is -3.51. The highest BCUT2D eigenvalue weighted by Crippen LogP contribution is 2.34. The van der Waals surface area contributed by atoms with E-state index in [1.807, 2.05) is 13.0 Å². The first-order valence-corrected chi connectivity index (χ1v) is 8.44. The first-order valence-electron chi connectivity index (χ1n) is 7.00. The Morgan fingerprint density at radius 1 is 1.32 bits per heavy atom. The molecule has 0 amide bonds. The number of nitrogens with two attached hydrogens (primary N) is 1. The van der Waals surface area contributed by atoms with Crippen LogP contribution in [-0.2, 0) is 10.0 Å². The highest BCUT2D eigenvalue weighted by atomic mass is 35.5. The minimum atomic E-state index is -3.51. The number of aromatic nitrogens is 1. The summed E-state index contributed by atoms with van der Waals surface area (Å²) in [5.41, 5.74) is 6.34. The van der Waals surface area contributed by atoms with E-state index in [0.29, 0.717) is 35.4 Å². The fourth-order valence-corrected chi connectivity index (χ4v) is 4.58. The monoisotopic (exact) mass is 341 g/mol. The number of rotatable bonds is 3. The SMILES string of the molecule is CC1(CN)CCN(S(=O)(=O)c2cccc3ncccc23)C1.Cl. The molecular weight excluding hydrogens is 322 g/mol. The van der Waals surface area contributed by atoms with Crippen LogP contribution in [-0.4, -0.2) is 37.3 Å². The minimum absolute atomic E-state index is 0. The standard InChI is InChI=1S/C15H19N3O2S.ClH/c1-15(10-16)7-9-18(11-15)21(19,20)14-6-2-5-13-12(14)4-3-8-17-13;/h2-6,8H,7,9-11,16H2,1H3;1H. The lowest BCUT2D eigenvalue weighted by Crippen LogP contribution is -2.34. The van der Waals surface area contributed by atoms with Gasteiger partial charge >= 0.3 is 0 Å². The van der Waals surface area contributed by atoms with Gasteiger partial charge in [-0.1, -0.05) is 13.0 Å². The van der Waals surface area contributed by atoms with Gasteiger partial charge in [0.2, 0.25) is 10.0 Å². The summed E-state index contributed by atoms with van der Waals surface area (Å²) in [6, 6.07) is 8.77. The molecule has 3 rings (SSSR count). The average Bonchev–Trinajstić information content (AvgIpc) is 2.91. The Bertz CT molecular complexity index is 776. The van der Waals surface area contributed by atoms with E-state index in [2.05, 4.69) is 4.98 Å². The minimum Gasteiger partial charge on any atom is -0.330 e. The van der Waals surface area contributed by atoms with Crippen molar-refractivity contribution in [1.82, 2.24) is 9.29 Å². The van der Waals surface area contributed by atoms with Crippen LogP contribution in [0, 0.1) is 5.41 Å². The Morgan fingerprint density at radius 2 is 2.09 bits per heavy atom. The molecule has 0 saturated carbocycles. The number of hydrogen-bond donors (Lipinski definition) is 1. The Morgan fingerprint density at radius 3 is 2.77 bits per heavy atom. The first-order chi connectivity index (χ1) is 9.96. The lowest BCUT2D eigenvalue weighted by molar-refractivity contribution is 0.350. The zero-order valence-electron chi connectivity index (χ0n) is 12.4. The summed E-state index contributed by atoms with van der Waals surface area (Å²) in [6.07, 6.45) is 2.46. The van der Waals surface area contributed by atoms with Gasteiger partial charge < -0.3 is 5.73 Å². The van der Waals surface area contributed by atoms with Crippen molar-refractivity contribution in [2.24, 2.45) is 11.1 Å². The molecule has 1 atom stereocenters. The summed E-state index contributed by atoms with van der Waals surface area (Å²) in [5, 5.41) is 0.668. The summed E-state index contributed by atoms with van der Waals surface area (Å²) >= 11 is 0. The molecule has 1 saturated heterocycles. The number of benzene rings is 1. The molecular formula is C15H20ClN3O2S. The van der Waals surface area contributed by atoms with Gasteiger partial charge in [0.15, 0.2) is 0 Å². The van der Waals surface area contributed by atoms with E-state index in [1.54, 1.807) is 34.8 Å². The Labute approximate surface area is 137 Å². The molecule has 0 bridgehead atoms. The normalized spacial score (nSPS) is 22.6. The van der Waals surface area contributed by atoms with Crippen LogP contribution in [0.15, 0.2) is 41.4 Å². The Hall–Kier alpha value is -1.21. The molecule has 1 fully saturated rings. The van der Waals surface area contributed by atoms with Crippen molar-refractivity contribution in [2.75, 3.05) is 19.6 Å². The van der Waals surface area contributed by atoms with Gasteiger partial charge in [-0.15, -0.1) is 12.4 Å². The van der Waals surface area contributed by atoms with Crippen molar-refractivity contribution in [3.05, 3.63) is 36.5 Å². The third kappa shape index (κ3) is 2.84. The second-order valence-electron chi connectivity index (χ2n) is 5.93. The van der Waals surface area contributed by atoms with Gasteiger partial charge in [0.1, 0.15) is 0 Å². The van der Waals surface area contributed by atoms with Crippen LogP contribution >= 0.6 is 12.4 Å². The van der Waals surface area contributed by atoms with Gasteiger partial charge in [-0.05, 0) is 42.6 Å². The Kier molecular flexibility index (Phi) is 4.77. The maximum atomic E-state index is 12.9. The van der Waals surface area contributed by atoms with Gasteiger partial charge in [-0.2, -0.15) is 4.31 Å². The van der Waals surface area contributed by atoms with Crippen molar-refractivity contribution in [2.45, 2.75) is 18.2 Å². The number of fused-ring (bicyclic) bond motifs is 1. The topological polar surface area (TPSA) is 76.3 Å². The molecule has 2 aromatic rings. The van der Waals surface area contributed by atoms with Crippen LogP contribution in [0.4, 0.5) is 0 Å². The molecule has 1 unspecified atom stereocenters. The predicted molar refractivity (Wildman–Crippen MR) is 89.5 cm³/mol. The fourth-order valence-electron chi connectivity index (χ4n) is 2.79. The molecule has 1 aliphatic heterocycles. The molecule has 2 heterocycles. The van der Waals surface area contributed by atoms with E-state index in [0.717, 1.165) is 6.42 Å². The van der Waals surface area contributed by atoms with Crippen LogP contribution in [0.2, 0.25) is 0 Å². The van der Waals surface area contributed by atoms with Crippen LogP contribution in [0.3, 0.4) is 0 Å². The molecule has 2 N–H and O–H groups in total. The number of pyridine rings is 1. The molecule has 22 heavy (non-hydrogen) atoms. The molecule has 5 nitrogen and oxygen atoms in total. The van der Waals surface area contributed by atoms with Crippen molar-refractivity contribution in [3.63, 3.8) is 0 Å². The molecule has 120 valence electrons. The van der Waals surface area contributed by atoms with Crippen LogP contribution in [0.25, 0.3) is 10.9 Å². The van der Waals surface area contributed by atoms with Gasteiger partial charge in [0.25, 0.3) is 0 Å². The summed E-state index contributed by atoms with van der Waals surface area (Å²) in [4.78, 5) is 4.55.